The van der Waals surface area contributed by atoms with Crippen molar-refractivity contribution in [3.63, 3.8) is 0 Å². The summed E-state index contributed by atoms with van der Waals surface area (Å²) in [5.74, 6) is 1.43. The molecule has 0 saturated carbocycles. The van der Waals surface area contributed by atoms with Crippen molar-refractivity contribution >= 4 is 45.9 Å². The Balaban J connectivity index is 0.000000147. The molecule has 0 aromatic carbocycles. The van der Waals surface area contributed by atoms with Crippen LogP contribution in [0.15, 0.2) is 37.2 Å². The summed E-state index contributed by atoms with van der Waals surface area (Å²) >= 11 is 0. The molecule has 4 aromatic heterocycles. The van der Waals surface area contributed by atoms with Crippen molar-refractivity contribution in [3.8, 4) is 0 Å². The minimum atomic E-state index is -1.55. The highest BCUT2D eigenvalue weighted by Gasteiger charge is 2.54. The number of aliphatic hydroxyl groups is 6. The average molecular weight is 637 g/mol. The van der Waals surface area contributed by atoms with Crippen LogP contribution in [-0.2, 0) is 9.47 Å². The van der Waals surface area contributed by atoms with Crippen LogP contribution < -0.4 is 10.6 Å². The third kappa shape index (κ3) is 4.68. The molecule has 0 aliphatic carbocycles. The lowest BCUT2D eigenvalue weighted by Gasteiger charge is -2.27. The number of aliphatic hydroxyl groups excluding tert-OH is 4. The van der Waals surface area contributed by atoms with Crippen LogP contribution in [0, 0.1) is 0 Å². The molecule has 46 heavy (non-hydrogen) atoms. The molecule has 0 radical (unpaired) electrons. The largest absolute Gasteiger partial charge is 0.394 e. The van der Waals surface area contributed by atoms with E-state index in [1.54, 1.807) is 9.13 Å². The number of nitrogens with zero attached hydrogens (tertiary/aromatic N) is 6. The van der Waals surface area contributed by atoms with Gasteiger partial charge in [-0.1, -0.05) is 24.3 Å². The number of nitrogens with one attached hydrogen (secondary N) is 2. The van der Waals surface area contributed by atoms with Gasteiger partial charge in [-0.25, -0.2) is 19.9 Å². The monoisotopic (exact) mass is 636 g/mol. The molecule has 2 unspecified atom stereocenters. The highest BCUT2D eigenvalue weighted by molar-refractivity contribution is 5.97. The molecule has 8 rings (SSSR count). The molecule has 2 saturated heterocycles. The Bertz CT molecular complexity index is 1700. The quantitative estimate of drug-likeness (QED) is 0.145. The molecule has 16 heteroatoms. The predicted molar refractivity (Wildman–Crippen MR) is 165 cm³/mol. The summed E-state index contributed by atoms with van der Waals surface area (Å²) in [5, 5.41) is 68.5. The van der Waals surface area contributed by atoms with E-state index in [2.05, 4.69) is 30.6 Å². The van der Waals surface area contributed by atoms with E-state index in [1.807, 2.05) is 36.7 Å². The fourth-order valence-electron chi connectivity index (χ4n) is 6.57. The van der Waals surface area contributed by atoms with Crippen molar-refractivity contribution in [1.29, 1.82) is 0 Å². The van der Waals surface area contributed by atoms with Gasteiger partial charge >= 0.3 is 0 Å². The molecule has 8 atom stereocenters. The highest BCUT2D eigenvalue weighted by atomic mass is 16.6. The maximum absolute atomic E-state index is 10.7. The van der Waals surface area contributed by atoms with Gasteiger partial charge in [-0.3, -0.25) is 0 Å². The third-order valence-electron chi connectivity index (χ3n) is 9.02. The van der Waals surface area contributed by atoms with Crippen molar-refractivity contribution in [2.75, 3.05) is 36.9 Å². The van der Waals surface area contributed by atoms with Crippen molar-refractivity contribution in [2.45, 2.75) is 61.9 Å². The molecule has 4 aromatic rings. The summed E-state index contributed by atoms with van der Waals surface area (Å²) in [4.78, 5) is 17.1. The van der Waals surface area contributed by atoms with Crippen LogP contribution in [0.5, 0.6) is 0 Å². The standard InChI is InChI=1S/2C15H18N4O4/c2*1-15(22)11(21)9(6-20)23-14(15)19-5-8-3-2-4-16-12-10(8)13(19)18-7-17-12/h2*2-3,5,7,9,11,14,20-22H,4,6H2,1H3,(H,16,17,18)/t9-,11+,14-,15?;9-,11-,14?,15+/m11/s1. The van der Waals surface area contributed by atoms with E-state index in [1.165, 1.54) is 26.5 Å². The Labute approximate surface area is 262 Å². The molecule has 2 fully saturated rings. The molecule has 0 spiro atoms. The summed E-state index contributed by atoms with van der Waals surface area (Å²) in [6.07, 6.45) is 8.57. The lowest BCUT2D eigenvalue weighted by molar-refractivity contribution is -0.0948. The Morgan fingerprint density at radius 1 is 0.739 bits per heavy atom. The van der Waals surface area contributed by atoms with Gasteiger partial charge in [0.25, 0.3) is 0 Å². The second-order valence-electron chi connectivity index (χ2n) is 12.2. The molecular formula is C30H36N8O8. The van der Waals surface area contributed by atoms with E-state index in [-0.39, 0.29) is 13.2 Å². The fourth-order valence-corrected chi connectivity index (χ4v) is 6.57. The van der Waals surface area contributed by atoms with Gasteiger partial charge in [-0.05, 0) is 13.8 Å². The van der Waals surface area contributed by atoms with Crippen LogP contribution in [0.4, 0.5) is 11.6 Å². The van der Waals surface area contributed by atoms with E-state index in [0.29, 0.717) is 36.0 Å². The van der Waals surface area contributed by atoms with Crippen molar-refractivity contribution in [3.05, 3.63) is 48.3 Å². The van der Waals surface area contributed by atoms with E-state index in [9.17, 15) is 30.6 Å². The lowest BCUT2D eigenvalue weighted by atomic mass is 9.96. The average Bonchev–Trinajstić information content (AvgIpc) is 3.61. The van der Waals surface area contributed by atoms with E-state index in [0.717, 1.165) is 21.9 Å². The van der Waals surface area contributed by atoms with Gasteiger partial charge in [0.15, 0.2) is 12.5 Å². The molecule has 244 valence electrons. The third-order valence-corrected chi connectivity index (χ3v) is 9.02. The lowest BCUT2D eigenvalue weighted by Crippen LogP contribution is -2.44. The molecule has 4 aliphatic heterocycles. The zero-order valence-electron chi connectivity index (χ0n) is 25.1. The molecule has 4 aliphatic rings. The fraction of sp³-hybridized carbons (Fsp3) is 0.467. The topological polar surface area (TPSA) is 225 Å². The van der Waals surface area contributed by atoms with Crippen LogP contribution in [0.3, 0.4) is 0 Å². The maximum atomic E-state index is 10.7. The second-order valence-corrected chi connectivity index (χ2v) is 12.2. The second kappa shape index (κ2) is 11.4. The first-order valence-electron chi connectivity index (χ1n) is 14.9. The number of aromatic nitrogens is 6. The molecule has 0 amide bonds. The van der Waals surface area contributed by atoms with Crippen LogP contribution in [0.25, 0.3) is 34.2 Å². The minimum Gasteiger partial charge on any atom is -0.394 e. The van der Waals surface area contributed by atoms with E-state index >= 15 is 0 Å². The van der Waals surface area contributed by atoms with Crippen LogP contribution in [-0.4, -0.2) is 122 Å². The number of hydrogen-bond donors (Lipinski definition) is 8. The zero-order valence-corrected chi connectivity index (χ0v) is 25.1. The smallest absolute Gasteiger partial charge is 0.167 e. The van der Waals surface area contributed by atoms with Gasteiger partial charge in [-0.15, -0.1) is 0 Å². The molecule has 0 bridgehead atoms. The summed E-state index contributed by atoms with van der Waals surface area (Å²) < 4.78 is 14.8. The van der Waals surface area contributed by atoms with Gasteiger partial charge in [0.05, 0.1) is 24.0 Å². The van der Waals surface area contributed by atoms with Gasteiger partial charge in [0.1, 0.15) is 71.2 Å². The zero-order chi connectivity index (χ0) is 32.4. The van der Waals surface area contributed by atoms with Crippen LogP contribution in [0.2, 0.25) is 0 Å². The van der Waals surface area contributed by atoms with Crippen molar-refractivity contribution in [1.82, 2.24) is 29.1 Å². The first-order valence-corrected chi connectivity index (χ1v) is 14.9. The Morgan fingerprint density at radius 3 is 1.52 bits per heavy atom. The van der Waals surface area contributed by atoms with Crippen LogP contribution in [0.1, 0.15) is 37.4 Å². The Kier molecular flexibility index (Phi) is 7.57. The minimum absolute atomic E-state index is 0.373. The van der Waals surface area contributed by atoms with Crippen LogP contribution >= 0.6 is 0 Å². The molecular weight excluding hydrogens is 600 g/mol. The van der Waals surface area contributed by atoms with E-state index < -0.39 is 48.1 Å². The summed E-state index contributed by atoms with van der Waals surface area (Å²) in [6.45, 7) is 3.58. The summed E-state index contributed by atoms with van der Waals surface area (Å²) in [5.41, 5.74) is -0.101. The maximum Gasteiger partial charge on any atom is 0.167 e. The van der Waals surface area contributed by atoms with Gasteiger partial charge < -0.3 is 59.9 Å². The molecule has 8 heterocycles. The number of rotatable bonds is 4. The first kappa shape index (κ1) is 30.6. The molecule has 8 N–H and O–H groups in total. The highest BCUT2D eigenvalue weighted by Crippen LogP contribution is 2.43. The Morgan fingerprint density at radius 2 is 1.15 bits per heavy atom. The Hall–Kier alpha value is -4.00. The number of ether oxygens (including phenoxy) is 2. The van der Waals surface area contributed by atoms with E-state index in [4.69, 9.17) is 9.47 Å². The summed E-state index contributed by atoms with van der Waals surface area (Å²) in [7, 11) is 0. The normalized spacial score (nSPS) is 33.0. The number of anilines is 2. The predicted octanol–water partition coefficient (Wildman–Crippen LogP) is -0.257. The van der Waals surface area contributed by atoms with Crippen molar-refractivity contribution < 1.29 is 40.1 Å². The first-order chi connectivity index (χ1) is 22.1. The van der Waals surface area contributed by atoms with Gasteiger partial charge in [0.2, 0.25) is 0 Å². The SMILES string of the molecule is CC1(O)[C@@H](O)[C@@H](CO)O[C@H]1n1cc2c3c(ncnc31)NCC=C2.C[C@@]1(O)C(n2cc3c4c(ncnc42)NCC=C3)O[C@H](CO)[C@H]1O. The van der Waals surface area contributed by atoms with Gasteiger partial charge in [0, 0.05) is 36.6 Å². The number of hydrogen-bond acceptors (Lipinski definition) is 14. The molecule has 16 nitrogen and oxygen atoms in total. The summed E-state index contributed by atoms with van der Waals surface area (Å²) in [6, 6.07) is 0. The van der Waals surface area contributed by atoms with Crippen molar-refractivity contribution in [2.24, 2.45) is 0 Å². The van der Waals surface area contributed by atoms with Gasteiger partial charge in [-0.2, -0.15) is 0 Å².